The third-order valence-corrected chi connectivity index (χ3v) is 2.87. The van der Waals surface area contributed by atoms with Gasteiger partial charge in [-0.2, -0.15) is 0 Å². The maximum Gasteiger partial charge on any atom is 0.00385 e. The molecule has 14 heavy (non-hydrogen) atoms. The van der Waals surface area contributed by atoms with Gasteiger partial charge in [-0.25, -0.2) is 0 Å². The van der Waals surface area contributed by atoms with E-state index in [1.165, 1.54) is 25.9 Å². The highest BCUT2D eigenvalue weighted by Crippen LogP contribution is 2.19. The molecule has 0 aromatic carbocycles. The molecule has 0 unspecified atom stereocenters. The second-order valence-corrected chi connectivity index (χ2v) is 5.25. The fraction of sp³-hybridized carbons (Fsp3) is 1.00. The molecule has 86 valence electrons. The summed E-state index contributed by atoms with van der Waals surface area (Å²) < 4.78 is 0. The Morgan fingerprint density at radius 1 is 1.21 bits per heavy atom. The van der Waals surface area contributed by atoms with E-state index >= 15 is 0 Å². The highest BCUT2D eigenvalue weighted by molar-refractivity contribution is 4.73. The third kappa shape index (κ3) is 5.61. The molecule has 0 saturated carbocycles. The first-order chi connectivity index (χ1) is 6.43. The van der Waals surface area contributed by atoms with Crippen LogP contribution in [0.3, 0.4) is 0 Å². The highest BCUT2D eigenvalue weighted by Gasteiger charge is 2.17. The maximum absolute atomic E-state index is 5.72. The fourth-order valence-corrected chi connectivity index (χ4v) is 1.46. The normalized spacial score (nSPS) is 12.9. The smallest absolute Gasteiger partial charge is 0.00385 e. The number of hydrogen-bond donors (Lipinski definition) is 1. The van der Waals surface area contributed by atoms with Crippen molar-refractivity contribution in [3.8, 4) is 0 Å². The van der Waals surface area contributed by atoms with Gasteiger partial charge < -0.3 is 10.6 Å². The Morgan fingerprint density at radius 3 is 2.14 bits per heavy atom. The Kier molecular flexibility index (Phi) is 6.38. The average molecular weight is 200 g/mol. The lowest BCUT2D eigenvalue weighted by molar-refractivity contribution is 0.185. The van der Waals surface area contributed by atoms with Gasteiger partial charge in [0.25, 0.3) is 0 Å². The monoisotopic (exact) mass is 200 g/mol. The number of nitrogens with zero attached hydrogens (tertiary/aromatic N) is 1. The SMILES string of the molecule is CCCN(CCC(C)(C)CN)C(C)C. The van der Waals surface area contributed by atoms with Crippen LogP contribution in [0.2, 0.25) is 0 Å². The van der Waals surface area contributed by atoms with Crippen LogP contribution >= 0.6 is 0 Å². The van der Waals surface area contributed by atoms with Crippen molar-refractivity contribution in [1.29, 1.82) is 0 Å². The average Bonchev–Trinajstić information content (AvgIpc) is 2.12. The van der Waals surface area contributed by atoms with Crippen molar-refractivity contribution < 1.29 is 0 Å². The van der Waals surface area contributed by atoms with Gasteiger partial charge in [0, 0.05) is 6.04 Å². The van der Waals surface area contributed by atoms with E-state index in [1.54, 1.807) is 0 Å². The van der Waals surface area contributed by atoms with Crippen LogP contribution in [0.25, 0.3) is 0 Å². The molecule has 0 aliphatic heterocycles. The standard InChI is InChI=1S/C12H28N2/c1-6-8-14(11(2)3)9-7-12(4,5)10-13/h11H,6-10,13H2,1-5H3. The summed E-state index contributed by atoms with van der Waals surface area (Å²) in [5.74, 6) is 0. The second kappa shape index (κ2) is 6.41. The van der Waals surface area contributed by atoms with Crippen molar-refractivity contribution in [1.82, 2.24) is 4.90 Å². The van der Waals surface area contributed by atoms with Crippen LogP contribution in [0.1, 0.15) is 47.5 Å². The minimum absolute atomic E-state index is 0.293. The van der Waals surface area contributed by atoms with Crippen LogP contribution < -0.4 is 5.73 Å². The minimum Gasteiger partial charge on any atom is -0.330 e. The quantitative estimate of drug-likeness (QED) is 0.684. The summed E-state index contributed by atoms with van der Waals surface area (Å²) in [6.07, 6.45) is 2.43. The summed E-state index contributed by atoms with van der Waals surface area (Å²) in [5, 5.41) is 0. The number of hydrogen-bond acceptors (Lipinski definition) is 2. The molecule has 0 atom stereocenters. The molecule has 0 aromatic rings. The van der Waals surface area contributed by atoms with Crippen molar-refractivity contribution in [2.24, 2.45) is 11.1 Å². The van der Waals surface area contributed by atoms with Gasteiger partial charge in [-0.15, -0.1) is 0 Å². The van der Waals surface area contributed by atoms with E-state index in [4.69, 9.17) is 5.73 Å². The summed E-state index contributed by atoms with van der Waals surface area (Å²) >= 11 is 0. The molecule has 0 saturated heterocycles. The lowest BCUT2D eigenvalue weighted by Gasteiger charge is -2.30. The van der Waals surface area contributed by atoms with Gasteiger partial charge in [-0.3, -0.25) is 0 Å². The van der Waals surface area contributed by atoms with Crippen molar-refractivity contribution >= 4 is 0 Å². The van der Waals surface area contributed by atoms with Crippen molar-refractivity contribution in [2.75, 3.05) is 19.6 Å². The van der Waals surface area contributed by atoms with Gasteiger partial charge in [-0.1, -0.05) is 20.8 Å². The fourth-order valence-electron chi connectivity index (χ4n) is 1.46. The van der Waals surface area contributed by atoms with E-state index in [-0.39, 0.29) is 0 Å². The van der Waals surface area contributed by atoms with Crippen LogP contribution in [0.15, 0.2) is 0 Å². The van der Waals surface area contributed by atoms with Gasteiger partial charge in [0.05, 0.1) is 0 Å². The Bertz CT molecular complexity index is 141. The molecule has 2 heteroatoms. The Labute approximate surface area is 89.9 Å². The van der Waals surface area contributed by atoms with Gasteiger partial charge in [0.15, 0.2) is 0 Å². The number of nitrogens with two attached hydrogens (primary N) is 1. The third-order valence-electron chi connectivity index (χ3n) is 2.87. The van der Waals surface area contributed by atoms with Gasteiger partial charge in [-0.05, 0) is 51.7 Å². The van der Waals surface area contributed by atoms with E-state index in [0.29, 0.717) is 11.5 Å². The molecule has 2 nitrogen and oxygen atoms in total. The molecule has 0 fully saturated rings. The molecule has 0 bridgehead atoms. The zero-order chi connectivity index (χ0) is 11.2. The van der Waals surface area contributed by atoms with E-state index in [0.717, 1.165) is 6.54 Å². The first-order valence-electron chi connectivity index (χ1n) is 5.87. The van der Waals surface area contributed by atoms with Gasteiger partial charge in [0.2, 0.25) is 0 Å². The summed E-state index contributed by atoms with van der Waals surface area (Å²) in [6, 6.07) is 0.656. The molecule has 0 amide bonds. The highest BCUT2D eigenvalue weighted by atomic mass is 15.1. The lowest BCUT2D eigenvalue weighted by Crippen LogP contribution is -2.36. The molecule has 0 aromatic heterocycles. The van der Waals surface area contributed by atoms with Crippen LogP contribution in [0.4, 0.5) is 0 Å². The molecule has 0 aliphatic carbocycles. The van der Waals surface area contributed by atoms with E-state index in [2.05, 4.69) is 39.5 Å². The Balaban J connectivity index is 3.93. The minimum atomic E-state index is 0.293. The van der Waals surface area contributed by atoms with Crippen LogP contribution in [0, 0.1) is 5.41 Å². The lowest BCUT2D eigenvalue weighted by atomic mass is 9.89. The van der Waals surface area contributed by atoms with Gasteiger partial charge in [0.1, 0.15) is 0 Å². The van der Waals surface area contributed by atoms with Crippen LogP contribution in [0.5, 0.6) is 0 Å². The molecule has 2 N–H and O–H groups in total. The van der Waals surface area contributed by atoms with E-state index in [9.17, 15) is 0 Å². The summed E-state index contributed by atoms with van der Waals surface area (Å²) in [6.45, 7) is 14.4. The van der Waals surface area contributed by atoms with Crippen LogP contribution in [-0.4, -0.2) is 30.6 Å². The van der Waals surface area contributed by atoms with Crippen molar-refractivity contribution in [2.45, 2.75) is 53.5 Å². The molecule has 0 rings (SSSR count). The zero-order valence-corrected chi connectivity index (χ0v) is 10.6. The second-order valence-electron chi connectivity index (χ2n) is 5.25. The molecule has 0 heterocycles. The van der Waals surface area contributed by atoms with Gasteiger partial charge >= 0.3 is 0 Å². The largest absolute Gasteiger partial charge is 0.330 e. The molecule has 0 spiro atoms. The topological polar surface area (TPSA) is 29.3 Å². The summed E-state index contributed by atoms with van der Waals surface area (Å²) in [5.41, 5.74) is 6.02. The predicted octanol–water partition coefficient (Wildman–Crippen LogP) is 2.48. The van der Waals surface area contributed by atoms with Crippen molar-refractivity contribution in [3.05, 3.63) is 0 Å². The summed E-state index contributed by atoms with van der Waals surface area (Å²) in [7, 11) is 0. The molecule has 0 aliphatic rings. The van der Waals surface area contributed by atoms with Crippen LogP contribution in [-0.2, 0) is 0 Å². The Hall–Kier alpha value is -0.0800. The number of rotatable bonds is 7. The predicted molar refractivity (Wildman–Crippen MR) is 64.5 cm³/mol. The van der Waals surface area contributed by atoms with E-state index in [1.807, 2.05) is 0 Å². The van der Waals surface area contributed by atoms with E-state index < -0.39 is 0 Å². The first-order valence-corrected chi connectivity index (χ1v) is 5.87. The van der Waals surface area contributed by atoms with Crippen molar-refractivity contribution in [3.63, 3.8) is 0 Å². The zero-order valence-electron chi connectivity index (χ0n) is 10.6. The first kappa shape index (κ1) is 13.9. The Morgan fingerprint density at radius 2 is 1.79 bits per heavy atom. The molecular weight excluding hydrogens is 172 g/mol. The maximum atomic E-state index is 5.72. The molecule has 0 radical (unpaired) electrons. The summed E-state index contributed by atoms with van der Waals surface area (Å²) in [4.78, 5) is 2.54. The molecular formula is C12H28N2.